The number of aryl methyl sites for hydroxylation is 2. The Morgan fingerprint density at radius 1 is 0.778 bits per heavy atom. The monoisotopic (exact) mass is 366 g/mol. The average Bonchev–Trinajstić information content (AvgIpc) is 2.62. The Balaban J connectivity index is 1.89. The molecule has 142 valence electrons. The number of anilines is 2. The lowest BCUT2D eigenvalue weighted by Crippen LogP contribution is -2.14. The molecular formula is C22H26N2O3. The van der Waals surface area contributed by atoms with Gasteiger partial charge in [-0.1, -0.05) is 25.1 Å². The maximum atomic E-state index is 12.3. The molecule has 0 saturated carbocycles. The van der Waals surface area contributed by atoms with Gasteiger partial charge < -0.3 is 10.6 Å². The van der Waals surface area contributed by atoms with E-state index in [-0.39, 0.29) is 30.4 Å². The molecule has 5 heteroatoms. The van der Waals surface area contributed by atoms with Crippen molar-refractivity contribution in [3.8, 4) is 0 Å². The van der Waals surface area contributed by atoms with Crippen LogP contribution in [0.25, 0.3) is 0 Å². The smallest absolute Gasteiger partial charge is 0.224 e. The van der Waals surface area contributed by atoms with Crippen LogP contribution in [-0.4, -0.2) is 17.6 Å². The van der Waals surface area contributed by atoms with Crippen molar-refractivity contribution in [1.29, 1.82) is 0 Å². The number of nitrogens with one attached hydrogen (secondary N) is 2. The van der Waals surface area contributed by atoms with Crippen LogP contribution in [0.1, 0.15) is 54.1 Å². The van der Waals surface area contributed by atoms with E-state index in [2.05, 4.69) is 10.6 Å². The van der Waals surface area contributed by atoms with E-state index in [1.165, 1.54) is 0 Å². The molecule has 0 atom stereocenters. The van der Waals surface area contributed by atoms with E-state index in [4.69, 9.17) is 0 Å². The van der Waals surface area contributed by atoms with E-state index in [1.54, 1.807) is 30.3 Å². The van der Waals surface area contributed by atoms with Gasteiger partial charge in [0.15, 0.2) is 5.78 Å². The van der Waals surface area contributed by atoms with E-state index in [0.29, 0.717) is 23.4 Å². The summed E-state index contributed by atoms with van der Waals surface area (Å²) >= 11 is 0. The minimum absolute atomic E-state index is 0.0474. The number of benzene rings is 2. The van der Waals surface area contributed by atoms with Crippen molar-refractivity contribution in [3.05, 3.63) is 59.2 Å². The second kappa shape index (κ2) is 9.67. The highest BCUT2D eigenvalue weighted by molar-refractivity contribution is 6.00. The van der Waals surface area contributed by atoms with Crippen LogP contribution in [0.4, 0.5) is 11.4 Å². The Morgan fingerprint density at radius 2 is 1.41 bits per heavy atom. The average molecular weight is 366 g/mol. The topological polar surface area (TPSA) is 75.3 Å². The number of hydrogen-bond acceptors (Lipinski definition) is 3. The SMILES string of the molecule is CCCC(=O)Nc1cccc(NC(=O)CCC(=O)c2ccc(C)c(C)c2)c1. The van der Waals surface area contributed by atoms with Gasteiger partial charge in [-0.25, -0.2) is 0 Å². The maximum absolute atomic E-state index is 12.3. The molecule has 0 aromatic heterocycles. The zero-order valence-electron chi connectivity index (χ0n) is 16.1. The Kier molecular flexibility index (Phi) is 7.29. The van der Waals surface area contributed by atoms with Crippen molar-refractivity contribution in [1.82, 2.24) is 0 Å². The van der Waals surface area contributed by atoms with Gasteiger partial charge >= 0.3 is 0 Å². The summed E-state index contributed by atoms with van der Waals surface area (Å²) < 4.78 is 0. The summed E-state index contributed by atoms with van der Waals surface area (Å²) in [5.74, 6) is -0.335. The van der Waals surface area contributed by atoms with Gasteiger partial charge in [-0.3, -0.25) is 14.4 Å². The second-order valence-corrected chi connectivity index (χ2v) is 6.65. The van der Waals surface area contributed by atoms with Crippen LogP contribution in [-0.2, 0) is 9.59 Å². The van der Waals surface area contributed by atoms with Crippen molar-refractivity contribution >= 4 is 29.0 Å². The molecule has 0 aliphatic carbocycles. The predicted molar refractivity (Wildman–Crippen MR) is 108 cm³/mol. The molecule has 2 aromatic carbocycles. The predicted octanol–water partition coefficient (Wildman–Crippen LogP) is 4.64. The van der Waals surface area contributed by atoms with Crippen LogP contribution in [0.5, 0.6) is 0 Å². The first kappa shape index (κ1) is 20.4. The second-order valence-electron chi connectivity index (χ2n) is 6.65. The van der Waals surface area contributed by atoms with E-state index < -0.39 is 0 Å². The van der Waals surface area contributed by atoms with Crippen molar-refractivity contribution in [2.45, 2.75) is 46.5 Å². The quantitative estimate of drug-likeness (QED) is 0.668. The molecule has 0 spiro atoms. The summed E-state index contributed by atoms with van der Waals surface area (Å²) in [6.07, 6.45) is 1.49. The van der Waals surface area contributed by atoms with E-state index in [9.17, 15) is 14.4 Å². The molecule has 0 heterocycles. The number of hydrogen-bond donors (Lipinski definition) is 2. The minimum Gasteiger partial charge on any atom is -0.326 e. The van der Waals surface area contributed by atoms with Crippen LogP contribution in [0.15, 0.2) is 42.5 Å². The largest absolute Gasteiger partial charge is 0.326 e. The zero-order chi connectivity index (χ0) is 19.8. The number of carbonyl (C=O) groups is 3. The molecule has 0 fully saturated rings. The Morgan fingerprint density at radius 3 is 2.00 bits per heavy atom. The summed E-state index contributed by atoms with van der Waals surface area (Å²) in [7, 11) is 0. The Labute approximate surface area is 160 Å². The first-order valence-electron chi connectivity index (χ1n) is 9.19. The van der Waals surface area contributed by atoms with Crippen molar-refractivity contribution in [2.24, 2.45) is 0 Å². The summed E-state index contributed by atoms with van der Waals surface area (Å²) in [6.45, 7) is 5.90. The van der Waals surface area contributed by atoms with Gasteiger partial charge in [0.2, 0.25) is 11.8 Å². The number of rotatable bonds is 8. The van der Waals surface area contributed by atoms with Crippen LogP contribution < -0.4 is 10.6 Å². The standard InChI is InChI=1S/C22H26N2O3/c1-4-6-21(26)23-18-7-5-8-19(14-18)24-22(27)12-11-20(25)17-10-9-15(2)16(3)13-17/h5,7-10,13-14H,4,6,11-12H2,1-3H3,(H,23,26)(H,24,27). The highest BCUT2D eigenvalue weighted by atomic mass is 16.2. The number of Topliss-reactive ketones (excluding diaryl/α,β-unsaturated/α-hetero) is 1. The molecule has 0 saturated heterocycles. The number of ketones is 1. The van der Waals surface area contributed by atoms with Gasteiger partial charge in [-0.15, -0.1) is 0 Å². The molecule has 0 radical (unpaired) electrons. The number of carbonyl (C=O) groups excluding carboxylic acids is 3. The van der Waals surface area contributed by atoms with Gasteiger partial charge in [0.05, 0.1) is 0 Å². The minimum atomic E-state index is -0.232. The van der Waals surface area contributed by atoms with Crippen LogP contribution >= 0.6 is 0 Å². The molecular weight excluding hydrogens is 340 g/mol. The van der Waals surface area contributed by atoms with Crippen molar-refractivity contribution < 1.29 is 14.4 Å². The zero-order valence-corrected chi connectivity index (χ0v) is 16.1. The van der Waals surface area contributed by atoms with Crippen molar-refractivity contribution in [2.75, 3.05) is 10.6 Å². The summed E-state index contributed by atoms with van der Waals surface area (Å²) in [4.78, 5) is 36.1. The van der Waals surface area contributed by atoms with E-state index in [0.717, 1.165) is 17.5 Å². The van der Waals surface area contributed by atoms with Gasteiger partial charge in [0.1, 0.15) is 0 Å². The Bertz CT molecular complexity index is 843. The molecule has 2 amide bonds. The normalized spacial score (nSPS) is 10.3. The molecule has 2 N–H and O–H groups in total. The summed E-state index contributed by atoms with van der Waals surface area (Å²) in [6, 6.07) is 12.6. The van der Waals surface area contributed by atoms with Crippen molar-refractivity contribution in [3.63, 3.8) is 0 Å². The van der Waals surface area contributed by atoms with Gasteiger partial charge in [0, 0.05) is 36.2 Å². The fraction of sp³-hybridized carbons (Fsp3) is 0.318. The summed E-state index contributed by atoms with van der Waals surface area (Å²) in [5, 5.41) is 5.57. The lowest BCUT2D eigenvalue weighted by Gasteiger charge is -2.09. The van der Waals surface area contributed by atoms with Gasteiger partial charge in [-0.05, 0) is 55.7 Å². The van der Waals surface area contributed by atoms with Crippen LogP contribution in [0.3, 0.4) is 0 Å². The molecule has 27 heavy (non-hydrogen) atoms. The highest BCUT2D eigenvalue weighted by Crippen LogP contribution is 2.17. The highest BCUT2D eigenvalue weighted by Gasteiger charge is 2.11. The third-order valence-electron chi connectivity index (χ3n) is 4.32. The number of amides is 2. The molecule has 2 rings (SSSR count). The first-order chi connectivity index (χ1) is 12.9. The molecule has 0 aliphatic rings. The van der Waals surface area contributed by atoms with Gasteiger partial charge in [0.25, 0.3) is 0 Å². The third kappa shape index (κ3) is 6.37. The summed E-state index contributed by atoms with van der Waals surface area (Å²) in [5.41, 5.74) is 4.05. The third-order valence-corrected chi connectivity index (χ3v) is 4.32. The molecule has 2 aromatic rings. The molecule has 0 unspecified atom stereocenters. The van der Waals surface area contributed by atoms with Gasteiger partial charge in [-0.2, -0.15) is 0 Å². The maximum Gasteiger partial charge on any atom is 0.224 e. The lowest BCUT2D eigenvalue weighted by atomic mass is 10.0. The Hall–Kier alpha value is -2.95. The van der Waals surface area contributed by atoms with Crippen LogP contribution in [0, 0.1) is 13.8 Å². The molecule has 0 bridgehead atoms. The lowest BCUT2D eigenvalue weighted by molar-refractivity contribution is -0.117. The van der Waals surface area contributed by atoms with E-state index in [1.807, 2.05) is 32.9 Å². The molecule has 0 aliphatic heterocycles. The first-order valence-corrected chi connectivity index (χ1v) is 9.19. The van der Waals surface area contributed by atoms with Crippen LogP contribution in [0.2, 0.25) is 0 Å². The fourth-order valence-electron chi connectivity index (χ4n) is 2.64. The molecule has 5 nitrogen and oxygen atoms in total. The fourth-order valence-corrected chi connectivity index (χ4v) is 2.64. The van der Waals surface area contributed by atoms with E-state index >= 15 is 0 Å².